The van der Waals surface area contributed by atoms with E-state index in [4.69, 9.17) is 23.2 Å². The van der Waals surface area contributed by atoms with Crippen LogP contribution in [0.15, 0.2) is 158 Å². The number of amides is 2. The van der Waals surface area contributed by atoms with Crippen LogP contribution in [0.2, 0.25) is 10.0 Å². The molecule has 2 heterocycles. The van der Waals surface area contributed by atoms with E-state index >= 15 is 0 Å². The average Bonchev–Trinajstić information content (AvgIpc) is 3.26. The Morgan fingerprint density at radius 3 is 1.54 bits per heavy atom. The summed E-state index contributed by atoms with van der Waals surface area (Å²) in [6.45, 7) is 7.58. The van der Waals surface area contributed by atoms with Crippen LogP contribution in [0.25, 0.3) is 22.3 Å². The van der Waals surface area contributed by atoms with Crippen molar-refractivity contribution in [3.63, 3.8) is 0 Å². The lowest BCUT2D eigenvalue weighted by molar-refractivity contribution is 0.0779. The van der Waals surface area contributed by atoms with Crippen LogP contribution in [0.3, 0.4) is 0 Å². The first-order valence-electron chi connectivity index (χ1n) is 20.7. The molecule has 0 saturated carbocycles. The molecule has 2 aliphatic rings. The third kappa shape index (κ3) is 11.8. The number of hydrogen-bond donors (Lipinski definition) is 1. The Kier molecular flexibility index (Phi) is 14.9. The van der Waals surface area contributed by atoms with Crippen molar-refractivity contribution in [2.24, 2.45) is 0 Å². The highest BCUT2D eigenvalue weighted by Crippen LogP contribution is 2.29. The van der Waals surface area contributed by atoms with Gasteiger partial charge in [0.05, 0.1) is 6.04 Å². The lowest BCUT2D eigenvalue weighted by Crippen LogP contribution is -2.57. The highest BCUT2D eigenvalue weighted by molar-refractivity contribution is 6.33. The standard InChI is InChI=1S/C27H30ClN3O.C24H25ClN2/c1-29(2)27(32)31-17-16-30(20-24(31)18-21-8-4-3-5-9-21)19-22-12-14-23(15-13-22)25-10-6-7-11-26(25)28;25-24-9-5-4-8-23(24)21-12-10-20(11-13-21)17-27-15-14-26-22(18-27)16-19-6-2-1-3-7-19/h3-15,24H,16-20H2,1-2H3;1-13,22,26H,14-18H2/t24-;22-/m00/s1. The molecule has 0 unspecified atom stereocenters. The fourth-order valence-corrected chi connectivity index (χ4v) is 8.68. The first-order valence-corrected chi connectivity index (χ1v) is 21.5. The number of carbonyl (C=O) groups excluding carboxylic acids is 1. The number of nitrogens with zero attached hydrogens (tertiary/aromatic N) is 4. The molecule has 0 bridgehead atoms. The van der Waals surface area contributed by atoms with E-state index in [2.05, 4.69) is 124 Å². The molecular formula is C51H55Cl2N5O. The van der Waals surface area contributed by atoms with Crippen molar-refractivity contribution in [1.82, 2.24) is 24.9 Å². The molecule has 0 radical (unpaired) electrons. The summed E-state index contributed by atoms with van der Waals surface area (Å²) in [5.74, 6) is 0. The van der Waals surface area contributed by atoms with E-state index in [1.165, 1.54) is 27.8 Å². The summed E-state index contributed by atoms with van der Waals surface area (Å²) in [5.41, 5.74) is 9.74. The van der Waals surface area contributed by atoms with Crippen LogP contribution >= 0.6 is 23.2 Å². The number of benzene rings is 6. The molecule has 1 N–H and O–H groups in total. The Morgan fingerprint density at radius 1 is 0.559 bits per heavy atom. The molecule has 6 nitrogen and oxygen atoms in total. The molecule has 2 atom stereocenters. The smallest absolute Gasteiger partial charge is 0.319 e. The normalized spacial score (nSPS) is 17.2. The topological polar surface area (TPSA) is 42.1 Å². The Hall–Kier alpha value is -4.95. The average molecular weight is 825 g/mol. The fraction of sp³-hybridized carbons (Fsp3) is 0.275. The molecule has 2 saturated heterocycles. The van der Waals surface area contributed by atoms with E-state index in [0.717, 1.165) is 91.9 Å². The fourth-order valence-electron chi connectivity index (χ4n) is 8.19. The second kappa shape index (κ2) is 20.8. The summed E-state index contributed by atoms with van der Waals surface area (Å²) in [6.07, 6.45) is 1.95. The Balaban J connectivity index is 0.000000181. The minimum atomic E-state index is 0.0923. The van der Waals surface area contributed by atoms with Crippen LogP contribution in [0.4, 0.5) is 4.79 Å². The second-order valence-corrected chi connectivity index (χ2v) is 16.7. The molecule has 0 aliphatic carbocycles. The zero-order chi connectivity index (χ0) is 41.0. The maximum absolute atomic E-state index is 12.8. The third-order valence-electron chi connectivity index (χ3n) is 11.3. The maximum Gasteiger partial charge on any atom is 0.319 e. The molecule has 59 heavy (non-hydrogen) atoms. The van der Waals surface area contributed by atoms with Gasteiger partial charge in [0.25, 0.3) is 0 Å². The van der Waals surface area contributed by atoms with Gasteiger partial charge in [0.2, 0.25) is 0 Å². The first kappa shape index (κ1) is 42.2. The third-order valence-corrected chi connectivity index (χ3v) is 11.9. The number of piperazine rings is 2. The molecule has 2 fully saturated rings. The molecule has 0 aromatic heterocycles. The summed E-state index contributed by atoms with van der Waals surface area (Å²) < 4.78 is 0. The molecule has 2 aliphatic heterocycles. The van der Waals surface area contributed by atoms with Crippen LogP contribution in [0.1, 0.15) is 22.3 Å². The van der Waals surface area contributed by atoms with E-state index in [1.807, 2.05) is 67.5 Å². The molecule has 6 aromatic rings. The van der Waals surface area contributed by atoms with Gasteiger partial charge in [-0.1, -0.05) is 169 Å². The van der Waals surface area contributed by atoms with Gasteiger partial charge in [-0.15, -0.1) is 0 Å². The van der Waals surface area contributed by atoms with Crippen LogP contribution in [0.5, 0.6) is 0 Å². The zero-order valence-electron chi connectivity index (χ0n) is 34.2. The number of carbonyl (C=O) groups is 1. The van der Waals surface area contributed by atoms with Crippen LogP contribution < -0.4 is 5.32 Å². The summed E-state index contributed by atoms with van der Waals surface area (Å²) >= 11 is 12.7. The molecule has 8 heteroatoms. The molecule has 0 spiro atoms. The van der Waals surface area contributed by atoms with E-state index in [9.17, 15) is 4.79 Å². The predicted octanol–water partition coefficient (Wildman–Crippen LogP) is 10.4. The van der Waals surface area contributed by atoms with Crippen molar-refractivity contribution in [2.75, 3.05) is 53.4 Å². The van der Waals surface area contributed by atoms with E-state index in [1.54, 1.807) is 4.90 Å². The van der Waals surface area contributed by atoms with Gasteiger partial charge in [0.1, 0.15) is 0 Å². The maximum atomic E-state index is 12.8. The summed E-state index contributed by atoms with van der Waals surface area (Å²) in [6, 6.07) is 55.4. The molecule has 8 rings (SSSR count). The van der Waals surface area contributed by atoms with Gasteiger partial charge >= 0.3 is 6.03 Å². The van der Waals surface area contributed by atoms with Crippen molar-refractivity contribution < 1.29 is 4.79 Å². The lowest BCUT2D eigenvalue weighted by atomic mass is 10.0. The molecular weight excluding hydrogens is 770 g/mol. The van der Waals surface area contributed by atoms with Gasteiger partial charge in [-0.3, -0.25) is 9.80 Å². The number of halogens is 2. The van der Waals surface area contributed by atoms with Crippen molar-refractivity contribution >= 4 is 29.2 Å². The largest absolute Gasteiger partial charge is 0.331 e. The lowest BCUT2D eigenvalue weighted by Gasteiger charge is -2.42. The SMILES string of the molecule is CN(C)C(=O)N1CCN(Cc2ccc(-c3ccccc3Cl)cc2)C[C@@H]1Cc1ccccc1.Clc1ccccc1-c1ccc(CN2CCN[C@@H](Cc3ccccc3)C2)cc1. The van der Waals surface area contributed by atoms with Gasteiger partial charge in [0.15, 0.2) is 0 Å². The second-order valence-electron chi connectivity index (χ2n) is 15.9. The van der Waals surface area contributed by atoms with Crippen molar-refractivity contribution in [1.29, 1.82) is 0 Å². The summed E-state index contributed by atoms with van der Waals surface area (Å²) in [7, 11) is 3.66. The quantitative estimate of drug-likeness (QED) is 0.149. The van der Waals surface area contributed by atoms with Crippen molar-refractivity contribution in [3.8, 4) is 22.3 Å². The van der Waals surface area contributed by atoms with Crippen LogP contribution in [-0.2, 0) is 25.9 Å². The van der Waals surface area contributed by atoms with Gasteiger partial charge in [-0.2, -0.15) is 0 Å². The highest BCUT2D eigenvalue weighted by Gasteiger charge is 2.31. The van der Waals surface area contributed by atoms with E-state index in [-0.39, 0.29) is 12.1 Å². The molecule has 304 valence electrons. The van der Waals surface area contributed by atoms with Crippen LogP contribution in [0, 0.1) is 0 Å². The Bertz CT molecular complexity index is 2220. The van der Waals surface area contributed by atoms with Gasteiger partial charge in [-0.25, -0.2) is 4.79 Å². The predicted molar refractivity (Wildman–Crippen MR) is 246 cm³/mol. The molecule has 6 aromatic carbocycles. The minimum Gasteiger partial charge on any atom is -0.331 e. The number of urea groups is 1. The first-order chi connectivity index (χ1) is 28.8. The van der Waals surface area contributed by atoms with E-state index in [0.29, 0.717) is 6.04 Å². The number of rotatable bonds is 10. The monoisotopic (exact) mass is 823 g/mol. The Labute approximate surface area is 361 Å². The minimum absolute atomic E-state index is 0.0923. The summed E-state index contributed by atoms with van der Waals surface area (Å²) in [5, 5.41) is 5.23. The zero-order valence-corrected chi connectivity index (χ0v) is 35.7. The highest BCUT2D eigenvalue weighted by atomic mass is 35.5. The van der Waals surface area contributed by atoms with Crippen molar-refractivity contribution in [2.45, 2.75) is 38.0 Å². The Morgan fingerprint density at radius 2 is 1.03 bits per heavy atom. The van der Waals surface area contributed by atoms with E-state index < -0.39 is 0 Å². The van der Waals surface area contributed by atoms with Crippen molar-refractivity contribution in [3.05, 3.63) is 190 Å². The number of hydrogen-bond acceptors (Lipinski definition) is 4. The van der Waals surface area contributed by atoms with Gasteiger partial charge < -0.3 is 15.1 Å². The van der Waals surface area contributed by atoms with Gasteiger partial charge in [0, 0.05) is 93.7 Å². The molecule has 2 amide bonds. The van der Waals surface area contributed by atoms with Crippen LogP contribution in [-0.4, -0.2) is 91.1 Å². The van der Waals surface area contributed by atoms with Gasteiger partial charge in [-0.05, 0) is 58.4 Å². The summed E-state index contributed by atoms with van der Waals surface area (Å²) in [4.78, 5) is 21.5. The number of nitrogens with one attached hydrogen (secondary N) is 1.